The number of nitriles is 1. The van der Waals surface area contributed by atoms with Gasteiger partial charge in [-0.1, -0.05) is 12.1 Å². The van der Waals surface area contributed by atoms with Gasteiger partial charge in [0, 0.05) is 19.8 Å². The van der Waals surface area contributed by atoms with Crippen LogP contribution < -0.4 is 10.1 Å². The molecule has 0 spiro atoms. The second-order valence-corrected chi connectivity index (χ2v) is 6.48. The molecule has 7 nitrogen and oxygen atoms in total. The molecule has 1 atom stereocenters. The minimum atomic E-state index is -0.275. The number of ether oxygens (including phenoxy) is 3. The number of nitrogens with zero attached hydrogens (tertiary/aromatic N) is 1. The predicted molar refractivity (Wildman–Crippen MR) is 101 cm³/mol. The molecule has 1 N–H and O–H groups in total. The smallest absolute Gasteiger partial charge is 0.286 e. The van der Waals surface area contributed by atoms with Crippen LogP contribution in [0.4, 0.5) is 0 Å². The van der Waals surface area contributed by atoms with E-state index in [2.05, 4.69) is 11.4 Å². The Morgan fingerprint density at radius 1 is 1.29 bits per heavy atom. The Morgan fingerprint density at radius 3 is 3.00 bits per heavy atom. The van der Waals surface area contributed by atoms with E-state index in [4.69, 9.17) is 23.9 Å². The van der Waals surface area contributed by atoms with Crippen LogP contribution in [0.1, 0.15) is 41.1 Å². The van der Waals surface area contributed by atoms with Gasteiger partial charge in [-0.25, -0.2) is 0 Å². The van der Waals surface area contributed by atoms with Gasteiger partial charge in [0.15, 0.2) is 5.76 Å². The van der Waals surface area contributed by atoms with Crippen molar-refractivity contribution < 1.29 is 23.4 Å². The molecule has 1 unspecified atom stereocenters. The van der Waals surface area contributed by atoms with Gasteiger partial charge in [-0.05, 0) is 43.5 Å². The molecule has 1 aromatic carbocycles. The maximum absolute atomic E-state index is 12.1. The van der Waals surface area contributed by atoms with Gasteiger partial charge >= 0.3 is 0 Å². The molecular weight excluding hydrogens is 360 g/mol. The first-order chi connectivity index (χ1) is 13.8. The summed E-state index contributed by atoms with van der Waals surface area (Å²) < 4.78 is 22.2. The average Bonchev–Trinajstić information content (AvgIpc) is 3.41. The molecule has 3 rings (SSSR count). The van der Waals surface area contributed by atoms with Crippen LogP contribution in [0.25, 0.3) is 0 Å². The van der Waals surface area contributed by atoms with Crippen LogP contribution >= 0.6 is 0 Å². The molecule has 7 heteroatoms. The molecule has 0 saturated carbocycles. The number of furan rings is 1. The van der Waals surface area contributed by atoms with Crippen LogP contribution in [-0.4, -0.2) is 38.4 Å². The van der Waals surface area contributed by atoms with E-state index >= 15 is 0 Å². The largest absolute Gasteiger partial charge is 0.484 e. The summed E-state index contributed by atoms with van der Waals surface area (Å²) in [5, 5.41) is 11.9. The quantitative estimate of drug-likeness (QED) is 0.633. The lowest BCUT2D eigenvalue weighted by Gasteiger charge is -2.10. The van der Waals surface area contributed by atoms with Gasteiger partial charge in [0.05, 0.1) is 18.3 Å². The van der Waals surface area contributed by atoms with Crippen molar-refractivity contribution in [2.75, 3.05) is 26.4 Å². The molecule has 148 valence electrons. The molecule has 2 aromatic rings. The third kappa shape index (κ3) is 5.84. The van der Waals surface area contributed by atoms with Gasteiger partial charge in [0.1, 0.15) is 24.2 Å². The predicted octanol–water partition coefficient (Wildman–Crippen LogP) is 3.05. The lowest BCUT2D eigenvalue weighted by atomic mass is 10.2. The van der Waals surface area contributed by atoms with Crippen LogP contribution in [-0.2, 0) is 16.1 Å². The summed E-state index contributed by atoms with van der Waals surface area (Å²) in [6, 6.07) is 12.3. The molecule has 1 aliphatic heterocycles. The van der Waals surface area contributed by atoms with Gasteiger partial charge in [0.25, 0.3) is 5.91 Å². The Hall–Kier alpha value is -2.82. The SMILES string of the molecule is N#Cc1ccccc1OCc1ccc(C(=O)NCCCOCC2CCCO2)o1. The standard InChI is InChI=1S/C21H24N2O5/c22-13-16-5-1-2-7-19(16)27-15-18-8-9-20(28-18)21(24)23-10-4-11-25-14-17-6-3-12-26-17/h1-2,5,7-9,17H,3-4,6,10-12,14-15H2,(H,23,24). The zero-order valence-corrected chi connectivity index (χ0v) is 15.7. The van der Waals surface area contributed by atoms with Crippen molar-refractivity contribution in [3.05, 3.63) is 53.5 Å². The van der Waals surface area contributed by atoms with E-state index in [0.29, 0.717) is 36.8 Å². The normalized spacial score (nSPS) is 15.9. The van der Waals surface area contributed by atoms with E-state index < -0.39 is 0 Å². The van der Waals surface area contributed by atoms with Crippen LogP contribution in [0, 0.1) is 11.3 Å². The average molecular weight is 384 g/mol. The number of nitrogens with one attached hydrogen (secondary N) is 1. The molecule has 0 radical (unpaired) electrons. The lowest BCUT2D eigenvalue weighted by Crippen LogP contribution is -2.25. The van der Waals surface area contributed by atoms with Crippen LogP contribution in [0.2, 0.25) is 0 Å². The van der Waals surface area contributed by atoms with Gasteiger partial charge < -0.3 is 23.9 Å². The number of para-hydroxylation sites is 1. The molecule has 1 aliphatic rings. The Bertz CT molecular complexity index is 805. The zero-order chi connectivity index (χ0) is 19.6. The summed E-state index contributed by atoms with van der Waals surface area (Å²) in [6.45, 7) is 2.67. The van der Waals surface area contributed by atoms with Crippen LogP contribution in [0.15, 0.2) is 40.8 Å². The zero-order valence-electron chi connectivity index (χ0n) is 15.7. The highest BCUT2D eigenvalue weighted by Gasteiger charge is 2.15. The highest BCUT2D eigenvalue weighted by atomic mass is 16.5. The van der Waals surface area contributed by atoms with Crippen molar-refractivity contribution in [3.8, 4) is 11.8 Å². The second kappa shape index (κ2) is 10.5. The van der Waals surface area contributed by atoms with Crippen molar-refractivity contribution in [3.63, 3.8) is 0 Å². The summed E-state index contributed by atoms with van der Waals surface area (Å²) in [4.78, 5) is 12.1. The fourth-order valence-electron chi connectivity index (χ4n) is 2.87. The number of hydrogen-bond donors (Lipinski definition) is 1. The topological polar surface area (TPSA) is 93.7 Å². The first kappa shape index (κ1) is 19.9. The Kier molecular flexibility index (Phi) is 7.47. The maximum atomic E-state index is 12.1. The van der Waals surface area contributed by atoms with Crippen molar-refractivity contribution in [1.82, 2.24) is 5.32 Å². The first-order valence-electron chi connectivity index (χ1n) is 9.44. The third-order valence-corrected chi connectivity index (χ3v) is 4.34. The lowest BCUT2D eigenvalue weighted by molar-refractivity contribution is 0.0166. The Balaban J connectivity index is 1.35. The van der Waals surface area contributed by atoms with E-state index in [1.807, 2.05) is 0 Å². The fourth-order valence-corrected chi connectivity index (χ4v) is 2.87. The van der Waals surface area contributed by atoms with Crippen molar-refractivity contribution in [2.45, 2.75) is 32.0 Å². The molecule has 28 heavy (non-hydrogen) atoms. The monoisotopic (exact) mass is 384 g/mol. The van der Waals surface area contributed by atoms with Gasteiger partial charge in [-0.15, -0.1) is 0 Å². The Labute approximate surface area is 164 Å². The number of rotatable bonds is 10. The number of amides is 1. The summed E-state index contributed by atoms with van der Waals surface area (Å²) in [7, 11) is 0. The minimum Gasteiger partial charge on any atom is -0.484 e. The van der Waals surface area contributed by atoms with E-state index in [1.54, 1.807) is 36.4 Å². The van der Waals surface area contributed by atoms with E-state index in [1.165, 1.54) is 0 Å². The molecule has 2 heterocycles. The van der Waals surface area contributed by atoms with Crippen molar-refractivity contribution in [2.24, 2.45) is 0 Å². The highest BCUT2D eigenvalue weighted by Crippen LogP contribution is 2.19. The van der Waals surface area contributed by atoms with Gasteiger partial charge in [-0.3, -0.25) is 4.79 Å². The summed E-state index contributed by atoms with van der Waals surface area (Å²) in [5.74, 6) is 0.948. The van der Waals surface area contributed by atoms with E-state index in [-0.39, 0.29) is 24.4 Å². The maximum Gasteiger partial charge on any atom is 0.286 e. The molecule has 0 aliphatic carbocycles. The minimum absolute atomic E-state index is 0.142. The number of carbonyl (C=O) groups excluding carboxylic acids is 1. The molecule has 1 amide bonds. The fraction of sp³-hybridized carbons (Fsp3) is 0.429. The van der Waals surface area contributed by atoms with Crippen molar-refractivity contribution in [1.29, 1.82) is 5.26 Å². The van der Waals surface area contributed by atoms with E-state index in [9.17, 15) is 4.79 Å². The summed E-state index contributed by atoms with van der Waals surface area (Å²) in [5.41, 5.74) is 0.453. The number of benzene rings is 1. The molecule has 0 bridgehead atoms. The number of hydrogen-bond acceptors (Lipinski definition) is 6. The molecule has 1 fully saturated rings. The third-order valence-electron chi connectivity index (χ3n) is 4.34. The van der Waals surface area contributed by atoms with Gasteiger partial charge in [0.2, 0.25) is 0 Å². The first-order valence-corrected chi connectivity index (χ1v) is 9.44. The highest BCUT2D eigenvalue weighted by molar-refractivity contribution is 5.91. The summed E-state index contributed by atoms with van der Waals surface area (Å²) in [6.07, 6.45) is 3.10. The van der Waals surface area contributed by atoms with Gasteiger partial charge in [-0.2, -0.15) is 5.26 Å². The van der Waals surface area contributed by atoms with Crippen molar-refractivity contribution >= 4 is 5.91 Å². The summed E-state index contributed by atoms with van der Waals surface area (Å²) >= 11 is 0. The number of carbonyl (C=O) groups is 1. The molecular formula is C21H24N2O5. The van der Waals surface area contributed by atoms with E-state index in [0.717, 1.165) is 25.9 Å². The van der Waals surface area contributed by atoms with Crippen LogP contribution in [0.3, 0.4) is 0 Å². The Morgan fingerprint density at radius 2 is 2.18 bits per heavy atom. The molecule has 1 saturated heterocycles. The second-order valence-electron chi connectivity index (χ2n) is 6.48. The molecule has 1 aromatic heterocycles. The van der Waals surface area contributed by atoms with Crippen LogP contribution in [0.5, 0.6) is 5.75 Å².